The molecule has 0 aromatic rings. The first-order valence-electron chi connectivity index (χ1n) is 3.70. The van der Waals surface area contributed by atoms with E-state index in [0.29, 0.717) is 12.0 Å². The van der Waals surface area contributed by atoms with Crippen molar-refractivity contribution in [3.8, 4) is 0 Å². The van der Waals surface area contributed by atoms with Crippen LogP contribution < -0.4 is 11.5 Å². The Balaban J connectivity index is 3.03. The average Bonchev–Trinajstić information content (AvgIpc) is 1.87. The summed E-state index contributed by atoms with van der Waals surface area (Å²) in [6, 6.07) is 0.315. The largest absolute Gasteiger partial charge is 0.330 e. The molecule has 0 aliphatic heterocycles. The molecule has 0 rings (SSSR count). The molecule has 4 N–H and O–H groups in total. The van der Waals surface area contributed by atoms with E-state index in [0.717, 1.165) is 18.1 Å². The summed E-state index contributed by atoms with van der Waals surface area (Å²) in [5, 5.41) is 0. The van der Waals surface area contributed by atoms with Gasteiger partial charge >= 0.3 is 0 Å². The number of hydrogen-bond acceptors (Lipinski definition) is 3. The van der Waals surface area contributed by atoms with Gasteiger partial charge in [-0.1, -0.05) is 6.92 Å². The quantitative estimate of drug-likeness (QED) is 0.624. The fourth-order valence-corrected chi connectivity index (χ4v) is 1.57. The minimum absolute atomic E-state index is 0.315. The molecule has 2 unspecified atom stereocenters. The maximum atomic E-state index is 5.57. The Morgan fingerprint density at radius 1 is 1.30 bits per heavy atom. The van der Waals surface area contributed by atoms with Crippen molar-refractivity contribution in [2.45, 2.75) is 19.9 Å². The van der Waals surface area contributed by atoms with Gasteiger partial charge in [-0.15, -0.1) is 0 Å². The lowest BCUT2D eigenvalue weighted by Crippen LogP contribution is -2.19. The van der Waals surface area contributed by atoms with Gasteiger partial charge in [0, 0.05) is 11.8 Å². The van der Waals surface area contributed by atoms with Crippen molar-refractivity contribution >= 4 is 11.8 Å². The van der Waals surface area contributed by atoms with E-state index in [-0.39, 0.29) is 0 Å². The van der Waals surface area contributed by atoms with E-state index in [1.54, 1.807) is 0 Å². The van der Waals surface area contributed by atoms with E-state index in [1.165, 1.54) is 0 Å². The van der Waals surface area contributed by atoms with Crippen molar-refractivity contribution in [1.82, 2.24) is 0 Å². The molecular weight excluding hydrogens is 144 g/mol. The highest BCUT2D eigenvalue weighted by Crippen LogP contribution is 2.07. The molecule has 62 valence electrons. The fourth-order valence-electron chi connectivity index (χ4n) is 0.523. The predicted octanol–water partition coefficient (Wildman–Crippen LogP) is 0.662. The zero-order valence-corrected chi connectivity index (χ0v) is 7.66. The molecule has 0 spiro atoms. The third-order valence-electron chi connectivity index (χ3n) is 1.19. The molecule has 2 atom stereocenters. The van der Waals surface area contributed by atoms with Crippen LogP contribution in [0.1, 0.15) is 13.8 Å². The molecular formula is C7H18N2S. The molecule has 0 aliphatic rings. The molecule has 10 heavy (non-hydrogen) atoms. The summed E-state index contributed by atoms with van der Waals surface area (Å²) in [4.78, 5) is 0. The Hall–Kier alpha value is 0.270. The molecule has 2 nitrogen and oxygen atoms in total. The van der Waals surface area contributed by atoms with E-state index >= 15 is 0 Å². The topological polar surface area (TPSA) is 52.0 Å². The lowest BCUT2D eigenvalue weighted by molar-refractivity contribution is 0.674. The predicted molar refractivity (Wildman–Crippen MR) is 49.2 cm³/mol. The minimum atomic E-state index is 0.315. The Morgan fingerprint density at radius 2 is 1.90 bits per heavy atom. The van der Waals surface area contributed by atoms with Crippen LogP contribution in [0, 0.1) is 5.92 Å². The molecule has 0 fully saturated rings. The van der Waals surface area contributed by atoms with Gasteiger partial charge in [-0.05, 0) is 25.1 Å². The average molecular weight is 162 g/mol. The number of thioether (sulfide) groups is 1. The smallest absolute Gasteiger partial charge is 0.0101 e. The zero-order valence-electron chi connectivity index (χ0n) is 6.84. The Bertz CT molecular complexity index is 76.0. The third kappa shape index (κ3) is 6.39. The molecule has 0 aromatic carbocycles. The molecule has 0 aliphatic carbocycles. The second-order valence-electron chi connectivity index (χ2n) is 2.86. The lowest BCUT2D eigenvalue weighted by atomic mass is 10.2. The van der Waals surface area contributed by atoms with E-state index in [9.17, 15) is 0 Å². The second kappa shape index (κ2) is 6.01. The minimum Gasteiger partial charge on any atom is -0.330 e. The monoisotopic (exact) mass is 162 g/mol. The van der Waals surface area contributed by atoms with Crippen LogP contribution >= 0.6 is 11.8 Å². The maximum absolute atomic E-state index is 5.57. The number of rotatable bonds is 5. The second-order valence-corrected chi connectivity index (χ2v) is 3.93. The summed E-state index contributed by atoms with van der Waals surface area (Å²) in [7, 11) is 0. The van der Waals surface area contributed by atoms with Gasteiger partial charge in [0.15, 0.2) is 0 Å². The summed E-state index contributed by atoms with van der Waals surface area (Å²) in [5.74, 6) is 2.81. The van der Waals surface area contributed by atoms with Crippen molar-refractivity contribution < 1.29 is 0 Å². The van der Waals surface area contributed by atoms with Gasteiger partial charge in [0.25, 0.3) is 0 Å². The van der Waals surface area contributed by atoms with Crippen LogP contribution in [0.25, 0.3) is 0 Å². The summed E-state index contributed by atoms with van der Waals surface area (Å²) >= 11 is 1.89. The first-order valence-corrected chi connectivity index (χ1v) is 4.85. The van der Waals surface area contributed by atoms with Crippen molar-refractivity contribution in [2.75, 3.05) is 18.1 Å². The molecule has 0 bridgehead atoms. The highest BCUT2D eigenvalue weighted by Gasteiger charge is 1.99. The summed E-state index contributed by atoms with van der Waals surface area (Å²) in [6.07, 6.45) is 0. The van der Waals surface area contributed by atoms with E-state index in [1.807, 2.05) is 18.7 Å². The first kappa shape index (κ1) is 10.3. The molecule has 0 saturated carbocycles. The van der Waals surface area contributed by atoms with E-state index in [2.05, 4.69) is 6.92 Å². The van der Waals surface area contributed by atoms with Crippen LogP contribution in [0.3, 0.4) is 0 Å². The van der Waals surface area contributed by atoms with Crippen LogP contribution in [0.2, 0.25) is 0 Å². The lowest BCUT2D eigenvalue weighted by Gasteiger charge is -2.08. The first-order chi connectivity index (χ1) is 4.66. The van der Waals surface area contributed by atoms with Gasteiger partial charge in [0.05, 0.1) is 0 Å². The van der Waals surface area contributed by atoms with Gasteiger partial charge in [-0.3, -0.25) is 0 Å². The van der Waals surface area contributed by atoms with Crippen molar-refractivity contribution in [2.24, 2.45) is 17.4 Å². The van der Waals surface area contributed by atoms with Crippen LogP contribution in [-0.2, 0) is 0 Å². The summed E-state index contributed by atoms with van der Waals surface area (Å²) in [6.45, 7) is 4.97. The maximum Gasteiger partial charge on any atom is 0.0101 e. The van der Waals surface area contributed by atoms with Crippen molar-refractivity contribution in [1.29, 1.82) is 0 Å². The highest BCUT2D eigenvalue weighted by molar-refractivity contribution is 7.99. The fraction of sp³-hybridized carbons (Fsp3) is 1.00. The standard InChI is InChI=1S/C7H18N2S/c1-6(3-8)4-10-5-7(2)9/h6-7H,3-5,8-9H2,1-2H3. The third-order valence-corrected chi connectivity index (χ3v) is 2.75. The molecule has 3 heteroatoms. The van der Waals surface area contributed by atoms with E-state index < -0.39 is 0 Å². The molecule has 0 radical (unpaired) electrons. The Labute approximate surface area is 67.7 Å². The van der Waals surface area contributed by atoms with Gasteiger partial charge in [-0.2, -0.15) is 11.8 Å². The summed E-state index contributed by atoms with van der Waals surface area (Å²) in [5.41, 5.74) is 11.0. The molecule has 0 heterocycles. The normalized spacial score (nSPS) is 16.8. The van der Waals surface area contributed by atoms with Crippen LogP contribution in [0.4, 0.5) is 0 Å². The van der Waals surface area contributed by atoms with Crippen molar-refractivity contribution in [3.63, 3.8) is 0 Å². The highest BCUT2D eigenvalue weighted by atomic mass is 32.2. The van der Waals surface area contributed by atoms with Gasteiger partial charge in [0.2, 0.25) is 0 Å². The van der Waals surface area contributed by atoms with Gasteiger partial charge < -0.3 is 11.5 Å². The summed E-state index contributed by atoms with van der Waals surface area (Å²) < 4.78 is 0. The number of hydrogen-bond donors (Lipinski definition) is 2. The molecule has 0 aromatic heterocycles. The van der Waals surface area contributed by atoms with Crippen LogP contribution in [0.5, 0.6) is 0 Å². The SMILES string of the molecule is CC(N)CSCC(C)CN. The van der Waals surface area contributed by atoms with Crippen LogP contribution in [0.15, 0.2) is 0 Å². The molecule has 0 amide bonds. The Morgan fingerprint density at radius 3 is 2.30 bits per heavy atom. The zero-order chi connectivity index (χ0) is 7.98. The Kier molecular flexibility index (Phi) is 6.17. The van der Waals surface area contributed by atoms with E-state index in [4.69, 9.17) is 11.5 Å². The van der Waals surface area contributed by atoms with Crippen LogP contribution in [-0.4, -0.2) is 24.1 Å². The van der Waals surface area contributed by atoms with Crippen molar-refractivity contribution in [3.05, 3.63) is 0 Å². The van der Waals surface area contributed by atoms with Gasteiger partial charge in [-0.25, -0.2) is 0 Å². The van der Waals surface area contributed by atoms with Gasteiger partial charge in [0.1, 0.15) is 0 Å². The molecule has 0 saturated heterocycles. The number of nitrogens with two attached hydrogens (primary N) is 2.